The van der Waals surface area contributed by atoms with Gasteiger partial charge >= 0.3 is 0 Å². The van der Waals surface area contributed by atoms with Crippen LogP contribution < -0.4 is 10.6 Å². The van der Waals surface area contributed by atoms with Gasteiger partial charge in [-0.05, 0) is 30.4 Å². The third kappa shape index (κ3) is 6.70. The van der Waals surface area contributed by atoms with Gasteiger partial charge in [0.15, 0.2) is 5.96 Å². The molecule has 1 amide bonds. The molecule has 0 aliphatic carbocycles. The van der Waals surface area contributed by atoms with Crippen LogP contribution in [0, 0.1) is 0 Å². The summed E-state index contributed by atoms with van der Waals surface area (Å²) >= 11 is 0. The Balaban J connectivity index is 1.61. The van der Waals surface area contributed by atoms with Crippen LogP contribution in [0.1, 0.15) is 56.6 Å². The molecule has 1 aliphatic rings. The number of fused-ring (bicyclic) bond motifs is 1. The molecule has 2 rings (SSSR count). The second kappa shape index (κ2) is 11.6. The van der Waals surface area contributed by atoms with E-state index in [1.807, 2.05) is 4.90 Å². The lowest BCUT2D eigenvalue weighted by atomic mass is 9.99. The molecule has 5 heteroatoms. The van der Waals surface area contributed by atoms with Gasteiger partial charge in [0.25, 0.3) is 0 Å². The lowest BCUT2D eigenvalue weighted by Gasteiger charge is -2.29. The SMILES string of the molecule is CCCCCCNC(=NC)NCCCC(=O)N1CCc2ccccc2C1. The van der Waals surface area contributed by atoms with E-state index in [1.165, 1.54) is 36.8 Å². The number of unbranched alkanes of at least 4 members (excludes halogenated alkanes) is 3. The van der Waals surface area contributed by atoms with Crippen molar-refractivity contribution in [2.24, 2.45) is 4.99 Å². The predicted molar refractivity (Wildman–Crippen MR) is 108 cm³/mol. The van der Waals surface area contributed by atoms with Gasteiger partial charge in [-0.2, -0.15) is 0 Å². The molecular formula is C21H34N4O. The molecular weight excluding hydrogens is 324 g/mol. The summed E-state index contributed by atoms with van der Waals surface area (Å²) in [6, 6.07) is 8.43. The highest BCUT2D eigenvalue weighted by molar-refractivity contribution is 5.80. The molecule has 1 heterocycles. The van der Waals surface area contributed by atoms with Gasteiger partial charge in [0.2, 0.25) is 5.91 Å². The summed E-state index contributed by atoms with van der Waals surface area (Å²) in [5, 5.41) is 6.64. The molecule has 144 valence electrons. The molecule has 1 aromatic carbocycles. The lowest BCUT2D eigenvalue weighted by molar-refractivity contribution is -0.132. The van der Waals surface area contributed by atoms with Crippen LogP contribution in [-0.2, 0) is 17.8 Å². The van der Waals surface area contributed by atoms with E-state index in [2.05, 4.69) is 46.8 Å². The van der Waals surface area contributed by atoms with E-state index in [9.17, 15) is 4.79 Å². The molecule has 0 saturated carbocycles. The molecule has 0 atom stereocenters. The summed E-state index contributed by atoms with van der Waals surface area (Å²) in [6.07, 6.45) is 7.35. The number of rotatable bonds is 9. The second-order valence-corrected chi connectivity index (χ2v) is 6.92. The van der Waals surface area contributed by atoms with Crippen LogP contribution in [-0.4, -0.2) is 43.4 Å². The molecule has 0 fully saturated rings. The zero-order valence-corrected chi connectivity index (χ0v) is 16.4. The molecule has 0 spiro atoms. The third-order valence-corrected chi connectivity index (χ3v) is 4.89. The van der Waals surface area contributed by atoms with Crippen LogP contribution in [0.4, 0.5) is 0 Å². The number of hydrogen-bond donors (Lipinski definition) is 2. The number of amides is 1. The fraction of sp³-hybridized carbons (Fsp3) is 0.619. The van der Waals surface area contributed by atoms with Gasteiger partial charge in [-0.3, -0.25) is 9.79 Å². The van der Waals surface area contributed by atoms with Crippen molar-refractivity contribution in [3.05, 3.63) is 35.4 Å². The first kappa shape index (κ1) is 20.3. The number of carbonyl (C=O) groups excluding carboxylic acids is 1. The van der Waals surface area contributed by atoms with Gasteiger partial charge in [0.1, 0.15) is 0 Å². The van der Waals surface area contributed by atoms with E-state index < -0.39 is 0 Å². The first-order chi connectivity index (χ1) is 12.7. The highest BCUT2D eigenvalue weighted by Gasteiger charge is 2.19. The van der Waals surface area contributed by atoms with E-state index in [-0.39, 0.29) is 5.91 Å². The topological polar surface area (TPSA) is 56.7 Å². The normalized spacial score (nSPS) is 14.1. The minimum absolute atomic E-state index is 0.254. The van der Waals surface area contributed by atoms with Crippen LogP contribution in [0.2, 0.25) is 0 Å². The Morgan fingerprint density at radius 3 is 2.54 bits per heavy atom. The molecule has 2 N–H and O–H groups in total. The average Bonchev–Trinajstić information content (AvgIpc) is 2.68. The molecule has 26 heavy (non-hydrogen) atoms. The van der Waals surface area contributed by atoms with Crippen LogP contribution in [0.25, 0.3) is 0 Å². The van der Waals surface area contributed by atoms with Crippen molar-refractivity contribution in [2.45, 2.75) is 58.4 Å². The summed E-state index contributed by atoms with van der Waals surface area (Å²) in [7, 11) is 1.79. The van der Waals surface area contributed by atoms with E-state index in [0.717, 1.165) is 45.0 Å². The number of hydrogen-bond acceptors (Lipinski definition) is 2. The van der Waals surface area contributed by atoms with Crippen molar-refractivity contribution >= 4 is 11.9 Å². The Labute approximate surface area is 158 Å². The minimum atomic E-state index is 0.254. The van der Waals surface area contributed by atoms with Gasteiger partial charge in [0, 0.05) is 39.6 Å². The first-order valence-corrected chi connectivity index (χ1v) is 10.0. The van der Waals surface area contributed by atoms with Crippen LogP contribution in [0.5, 0.6) is 0 Å². The van der Waals surface area contributed by atoms with E-state index in [4.69, 9.17) is 0 Å². The van der Waals surface area contributed by atoms with Gasteiger partial charge < -0.3 is 15.5 Å². The zero-order valence-electron chi connectivity index (χ0n) is 16.4. The fourth-order valence-corrected chi connectivity index (χ4v) is 3.29. The molecule has 1 aliphatic heterocycles. The van der Waals surface area contributed by atoms with E-state index in [0.29, 0.717) is 6.42 Å². The van der Waals surface area contributed by atoms with Gasteiger partial charge in [-0.1, -0.05) is 50.5 Å². The summed E-state index contributed by atoms with van der Waals surface area (Å²) in [4.78, 5) is 18.7. The summed E-state index contributed by atoms with van der Waals surface area (Å²) in [5.74, 6) is 1.09. The van der Waals surface area contributed by atoms with Crippen molar-refractivity contribution < 1.29 is 4.79 Å². The quantitative estimate of drug-likeness (QED) is 0.405. The molecule has 0 unspecified atom stereocenters. The number of nitrogens with zero attached hydrogens (tertiary/aromatic N) is 2. The standard InChI is InChI=1S/C21H34N4O/c1-3-4-5-8-14-23-21(22-2)24-15-9-12-20(26)25-16-13-18-10-6-7-11-19(18)17-25/h6-7,10-11H,3-5,8-9,12-17H2,1-2H3,(H2,22,23,24). The maximum atomic E-state index is 12.4. The summed E-state index contributed by atoms with van der Waals surface area (Å²) in [5.41, 5.74) is 2.67. The molecule has 0 saturated heterocycles. The number of guanidine groups is 1. The number of aliphatic imine (C=N–C) groups is 1. The molecule has 5 nitrogen and oxygen atoms in total. The van der Waals surface area contributed by atoms with Gasteiger partial charge in [-0.25, -0.2) is 0 Å². The smallest absolute Gasteiger partial charge is 0.222 e. The Kier molecular flexibility index (Phi) is 9.01. The van der Waals surface area contributed by atoms with Crippen molar-refractivity contribution in [3.8, 4) is 0 Å². The average molecular weight is 359 g/mol. The van der Waals surface area contributed by atoms with Crippen LogP contribution in [0.15, 0.2) is 29.3 Å². The predicted octanol–water partition coefficient (Wildman–Crippen LogP) is 3.10. The maximum Gasteiger partial charge on any atom is 0.222 e. The Bertz CT molecular complexity index is 585. The minimum Gasteiger partial charge on any atom is -0.356 e. The van der Waals surface area contributed by atoms with E-state index >= 15 is 0 Å². The summed E-state index contributed by atoms with van der Waals surface area (Å²) in [6.45, 7) is 5.53. The maximum absolute atomic E-state index is 12.4. The number of carbonyl (C=O) groups is 1. The van der Waals surface area contributed by atoms with Crippen molar-refractivity contribution in [1.29, 1.82) is 0 Å². The Morgan fingerprint density at radius 1 is 1.08 bits per heavy atom. The van der Waals surface area contributed by atoms with Crippen LogP contribution >= 0.6 is 0 Å². The van der Waals surface area contributed by atoms with Crippen LogP contribution in [0.3, 0.4) is 0 Å². The molecule has 0 radical (unpaired) electrons. The molecule has 1 aromatic rings. The monoisotopic (exact) mass is 358 g/mol. The largest absolute Gasteiger partial charge is 0.356 e. The lowest BCUT2D eigenvalue weighted by Crippen LogP contribution is -2.39. The first-order valence-electron chi connectivity index (χ1n) is 10.0. The zero-order chi connectivity index (χ0) is 18.6. The highest BCUT2D eigenvalue weighted by Crippen LogP contribution is 2.19. The fourth-order valence-electron chi connectivity index (χ4n) is 3.29. The number of nitrogens with one attached hydrogen (secondary N) is 2. The summed E-state index contributed by atoms with van der Waals surface area (Å²) < 4.78 is 0. The molecule has 0 aromatic heterocycles. The van der Waals surface area contributed by atoms with Gasteiger partial charge in [-0.15, -0.1) is 0 Å². The Morgan fingerprint density at radius 2 is 1.81 bits per heavy atom. The second-order valence-electron chi connectivity index (χ2n) is 6.92. The van der Waals surface area contributed by atoms with Crippen molar-refractivity contribution in [3.63, 3.8) is 0 Å². The molecule has 0 bridgehead atoms. The van der Waals surface area contributed by atoms with Gasteiger partial charge in [0.05, 0.1) is 0 Å². The Hall–Kier alpha value is -2.04. The highest BCUT2D eigenvalue weighted by atomic mass is 16.2. The van der Waals surface area contributed by atoms with E-state index in [1.54, 1.807) is 7.05 Å². The van der Waals surface area contributed by atoms with Crippen molar-refractivity contribution in [2.75, 3.05) is 26.7 Å². The van der Waals surface area contributed by atoms with Crippen molar-refractivity contribution in [1.82, 2.24) is 15.5 Å². The number of benzene rings is 1. The third-order valence-electron chi connectivity index (χ3n) is 4.89.